The van der Waals surface area contributed by atoms with E-state index in [2.05, 4.69) is 0 Å². The third-order valence-corrected chi connectivity index (χ3v) is 5.47. The van der Waals surface area contributed by atoms with Gasteiger partial charge in [-0.15, -0.1) is 0 Å². The van der Waals surface area contributed by atoms with Gasteiger partial charge in [0, 0.05) is 19.2 Å². The molecule has 1 aliphatic heterocycles. The Morgan fingerprint density at radius 1 is 1.10 bits per heavy atom. The van der Waals surface area contributed by atoms with E-state index in [1.807, 2.05) is 49.3 Å². The van der Waals surface area contributed by atoms with Crippen LogP contribution in [-0.2, 0) is 9.59 Å². The van der Waals surface area contributed by atoms with Crippen LogP contribution in [-0.4, -0.2) is 68.0 Å². The number of carbonyl (C=O) groups excluding carboxylic acids is 2. The number of ketones is 1. The van der Waals surface area contributed by atoms with Crippen molar-refractivity contribution in [2.45, 2.75) is 6.04 Å². The number of aliphatic hydroxyl groups is 1. The van der Waals surface area contributed by atoms with Crippen molar-refractivity contribution in [1.29, 1.82) is 0 Å². The second-order valence-corrected chi connectivity index (χ2v) is 7.80. The molecule has 2 aromatic carbocycles. The zero-order chi connectivity index (χ0) is 22.7. The largest absolute Gasteiger partial charge is 0.507 e. The van der Waals surface area contributed by atoms with Crippen molar-refractivity contribution in [2.24, 2.45) is 0 Å². The molecule has 0 radical (unpaired) electrons. The Hall–Kier alpha value is -3.03. The van der Waals surface area contributed by atoms with E-state index in [1.54, 1.807) is 0 Å². The molecule has 2 aromatic rings. The number of carbonyl (C=O) groups is 2. The molecule has 1 N–H and O–H groups in total. The SMILES string of the molecule is COc1cc(/C(O)=C2\C(=O)C(=O)N(CCN(C)C)C2c2ccccc2)c(OC)cc1Cl. The molecule has 8 heteroatoms. The number of hydrogen-bond donors (Lipinski definition) is 1. The van der Waals surface area contributed by atoms with Crippen LogP contribution in [0.2, 0.25) is 5.02 Å². The number of likely N-dealkylation sites (N-methyl/N-ethyl adjacent to an activating group) is 1. The Labute approximate surface area is 186 Å². The fourth-order valence-electron chi connectivity index (χ4n) is 3.59. The van der Waals surface area contributed by atoms with Gasteiger partial charge in [0.15, 0.2) is 0 Å². The van der Waals surface area contributed by atoms with E-state index in [4.69, 9.17) is 21.1 Å². The highest BCUT2D eigenvalue weighted by molar-refractivity contribution is 6.46. The number of ether oxygens (including phenoxy) is 2. The number of aliphatic hydroxyl groups excluding tert-OH is 1. The molecule has 0 spiro atoms. The minimum atomic E-state index is -0.749. The highest BCUT2D eigenvalue weighted by Crippen LogP contribution is 2.42. The highest BCUT2D eigenvalue weighted by atomic mass is 35.5. The molecule has 1 fully saturated rings. The second-order valence-electron chi connectivity index (χ2n) is 7.39. The topological polar surface area (TPSA) is 79.3 Å². The summed E-state index contributed by atoms with van der Waals surface area (Å²) in [6.07, 6.45) is 0. The number of nitrogens with zero attached hydrogens (tertiary/aromatic N) is 2. The molecule has 1 amide bonds. The van der Waals surface area contributed by atoms with Gasteiger partial charge >= 0.3 is 0 Å². The second kappa shape index (κ2) is 9.41. The van der Waals surface area contributed by atoms with E-state index in [0.29, 0.717) is 23.9 Å². The lowest BCUT2D eigenvalue weighted by atomic mass is 9.95. The first-order chi connectivity index (χ1) is 14.8. The number of Topliss-reactive ketones (excluding diaryl/α,β-unsaturated/α-hetero) is 1. The Bertz CT molecular complexity index is 1020. The predicted molar refractivity (Wildman–Crippen MR) is 119 cm³/mol. The van der Waals surface area contributed by atoms with Crippen molar-refractivity contribution in [3.63, 3.8) is 0 Å². The predicted octanol–water partition coefficient (Wildman–Crippen LogP) is 3.34. The molecule has 31 heavy (non-hydrogen) atoms. The van der Waals surface area contributed by atoms with E-state index in [-0.39, 0.29) is 22.6 Å². The van der Waals surface area contributed by atoms with Gasteiger partial charge in [0.2, 0.25) is 0 Å². The van der Waals surface area contributed by atoms with Crippen LogP contribution in [0.4, 0.5) is 0 Å². The number of methoxy groups -OCH3 is 2. The zero-order valence-corrected chi connectivity index (χ0v) is 18.6. The molecule has 1 heterocycles. The van der Waals surface area contributed by atoms with Crippen molar-refractivity contribution in [3.8, 4) is 11.5 Å². The van der Waals surface area contributed by atoms with Crippen LogP contribution in [0.1, 0.15) is 17.2 Å². The third-order valence-electron chi connectivity index (χ3n) is 5.17. The van der Waals surface area contributed by atoms with Gasteiger partial charge in [-0.3, -0.25) is 9.59 Å². The molecular formula is C23H25ClN2O5. The van der Waals surface area contributed by atoms with Gasteiger partial charge in [-0.2, -0.15) is 0 Å². The summed E-state index contributed by atoms with van der Waals surface area (Å²) in [5.41, 5.74) is 0.940. The van der Waals surface area contributed by atoms with Crippen LogP contribution < -0.4 is 9.47 Å². The minimum absolute atomic E-state index is 0.00219. The lowest BCUT2D eigenvalue weighted by Gasteiger charge is -2.26. The maximum atomic E-state index is 13.1. The summed E-state index contributed by atoms with van der Waals surface area (Å²) < 4.78 is 10.6. The summed E-state index contributed by atoms with van der Waals surface area (Å²) in [4.78, 5) is 29.4. The quantitative estimate of drug-likeness (QED) is 0.401. The highest BCUT2D eigenvalue weighted by Gasteiger charge is 2.46. The summed E-state index contributed by atoms with van der Waals surface area (Å²) in [6, 6.07) is 11.4. The van der Waals surface area contributed by atoms with Crippen LogP contribution >= 0.6 is 11.6 Å². The van der Waals surface area contributed by atoms with Crippen LogP contribution in [0.3, 0.4) is 0 Å². The Kier molecular flexibility index (Phi) is 6.87. The average Bonchev–Trinajstić information content (AvgIpc) is 3.02. The van der Waals surface area contributed by atoms with Gasteiger partial charge in [0.1, 0.15) is 17.3 Å². The van der Waals surface area contributed by atoms with E-state index in [9.17, 15) is 14.7 Å². The molecule has 0 aromatic heterocycles. The standard InChI is InChI=1S/C23H25ClN2O5/c1-25(2)10-11-26-20(14-8-6-5-7-9-14)19(22(28)23(26)29)21(27)15-12-18(31-4)16(24)13-17(15)30-3/h5-9,12-13,20,27H,10-11H2,1-4H3/b21-19+. The van der Waals surface area contributed by atoms with E-state index >= 15 is 0 Å². The monoisotopic (exact) mass is 444 g/mol. The van der Waals surface area contributed by atoms with Crippen LogP contribution in [0.25, 0.3) is 5.76 Å². The molecule has 0 bridgehead atoms. The van der Waals surface area contributed by atoms with Crippen molar-refractivity contribution in [1.82, 2.24) is 9.80 Å². The van der Waals surface area contributed by atoms with E-state index in [0.717, 1.165) is 5.56 Å². The maximum Gasteiger partial charge on any atom is 0.295 e. The average molecular weight is 445 g/mol. The smallest absolute Gasteiger partial charge is 0.295 e. The van der Waals surface area contributed by atoms with Crippen molar-refractivity contribution in [2.75, 3.05) is 41.4 Å². The molecule has 7 nitrogen and oxygen atoms in total. The number of likely N-dealkylation sites (tertiary alicyclic amines) is 1. The maximum absolute atomic E-state index is 13.1. The number of amides is 1. The lowest BCUT2D eigenvalue weighted by Crippen LogP contribution is -2.35. The van der Waals surface area contributed by atoms with E-state index < -0.39 is 17.7 Å². The summed E-state index contributed by atoms with van der Waals surface area (Å²) >= 11 is 6.18. The molecular weight excluding hydrogens is 420 g/mol. The van der Waals surface area contributed by atoms with Gasteiger partial charge in [-0.25, -0.2) is 0 Å². The van der Waals surface area contributed by atoms with E-state index in [1.165, 1.54) is 31.3 Å². The summed E-state index contributed by atoms with van der Waals surface area (Å²) in [5.74, 6) is -1.18. The first kappa shape index (κ1) is 22.7. The zero-order valence-electron chi connectivity index (χ0n) is 17.9. The normalized spacial score (nSPS) is 18.0. The molecule has 1 aliphatic rings. The molecule has 1 unspecified atom stereocenters. The lowest BCUT2D eigenvalue weighted by molar-refractivity contribution is -0.140. The Morgan fingerprint density at radius 3 is 2.32 bits per heavy atom. The number of hydrogen-bond acceptors (Lipinski definition) is 6. The number of rotatable bonds is 7. The Balaban J connectivity index is 2.22. The number of halogens is 1. The van der Waals surface area contributed by atoms with Crippen molar-refractivity contribution in [3.05, 3.63) is 64.2 Å². The summed E-state index contributed by atoms with van der Waals surface area (Å²) in [7, 11) is 6.65. The molecule has 1 atom stereocenters. The summed E-state index contributed by atoms with van der Waals surface area (Å²) in [5, 5.41) is 11.5. The first-order valence-corrected chi connectivity index (χ1v) is 10.1. The summed E-state index contributed by atoms with van der Waals surface area (Å²) in [6.45, 7) is 0.892. The van der Waals surface area contributed by atoms with Crippen LogP contribution in [0, 0.1) is 0 Å². The fraction of sp³-hybridized carbons (Fsp3) is 0.304. The molecule has 3 rings (SSSR count). The van der Waals surface area contributed by atoms with Crippen LogP contribution in [0.15, 0.2) is 48.0 Å². The first-order valence-electron chi connectivity index (χ1n) is 9.70. The minimum Gasteiger partial charge on any atom is -0.507 e. The molecule has 0 aliphatic carbocycles. The number of benzene rings is 2. The molecule has 0 saturated carbocycles. The van der Waals surface area contributed by atoms with Gasteiger partial charge in [0.05, 0.1) is 36.4 Å². The van der Waals surface area contributed by atoms with Crippen LogP contribution in [0.5, 0.6) is 11.5 Å². The van der Waals surface area contributed by atoms with Gasteiger partial charge in [0.25, 0.3) is 11.7 Å². The Morgan fingerprint density at radius 2 is 1.74 bits per heavy atom. The van der Waals surface area contributed by atoms with Gasteiger partial charge in [-0.1, -0.05) is 41.9 Å². The van der Waals surface area contributed by atoms with Gasteiger partial charge in [-0.05, 0) is 25.7 Å². The third kappa shape index (κ3) is 4.38. The molecule has 1 saturated heterocycles. The van der Waals surface area contributed by atoms with Crippen molar-refractivity contribution < 1.29 is 24.2 Å². The van der Waals surface area contributed by atoms with Gasteiger partial charge < -0.3 is 24.4 Å². The fourth-order valence-corrected chi connectivity index (χ4v) is 3.82. The molecule has 164 valence electrons. The van der Waals surface area contributed by atoms with Crippen molar-refractivity contribution >= 4 is 29.1 Å².